The summed E-state index contributed by atoms with van der Waals surface area (Å²) in [5, 5.41) is 0. The summed E-state index contributed by atoms with van der Waals surface area (Å²) in [7, 11) is 1.46. The summed E-state index contributed by atoms with van der Waals surface area (Å²) in [4.78, 5) is 12.8. The normalized spacial score (nSPS) is 20.6. The van der Waals surface area contributed by atoms with Gasteiger partial charge in [-0.05, 0) is 43.7 Å². The van der Waals surface area contributed by atoms with Crippen molar-refractivity contribution in [2.45, 2.75) is 26.4 Å². The van der Waals surface area contributed by atoms with E-state index in [4.69, 9.17) is 9.47 Å². The van der Waals surface area contributed by atoms with E-state index >= 15 is 0 Å². The zero-order valence-electron chi connectivity index (χ0n) is 14.2. The zero-order chi connectivity index (χ0) is 18.6. The second-order valence-electron chi connectivity index (χ2n) is 5.51. The van der Waals surface area contributed by atoms with E-state index in [-0.39, 0.29) is 18.8 Å². The van der Waals surface area contributed by atoms with E-state index < -0.39 is 23.1 Å². The average Bonchev–Trinajstić information content (AvgIpc) is 2.56. The molecule has 0 saturated carbocycles. The van der Waals surface area contributed by atoms with Gasteiger partial charge in [0.1, 0.15) is 18.1 Å². The van der Waals surface area contributed by atoms with E-state index in [1.165, 1.54) is 19.2 Å². The van der Waals surface area contributed by atoms with Crippen molar-refractivity contribution in [3.63, 3.8) is 0 Å². The van der Waals surface area contributed by atoms with Gasteiger partial charge in [0, 0.05) is 12.0 Å². The molecule has 1 aliphatic rings. The summed E-state index contributed by atoms with van der Waals surface area (Å²) < 4.78 is 50.7. The number of halogens is 3. The van der Waals surface area contributed by atoms with Gasteiger partial charge < -0.3 is 9.47 Å². The molecular weight excluding hydrogens is 333 g/mol. The lowest BCUT2D eigenvalue weighted by molar-refractivity contribution is -0.138. The molecule has 0 atom stereocenters. The minimum atomic E-state index is -4.64. The van der Waals surface area contributed by atoms with Gasteiger partial charge in [-0.1, -0.05) is 12.1 Å². The summed E-state index contributed by atoms with van der Waals surface area (Å²) >= 11 is 0. The first-order valence-electron chi connectivity index (χ1n) is 7.72. The van der Waals surface area contributed by atoms with E-state index in [1.807, 2.05) is 0 Å². The summed E-state index contributed by atoms with van der Waals surface area (Å²) in [6, 6.07) is 3.50. The van der Waals surface area contributed by atoms with Gasteiger partial charge in [0.15, 0.2) is 5.78 Å². The van der Waals surface area contributed by atoms with Crippen LogP contribution in [0.2, 0.25) is 0 Å². The predicted octanol–water partition coefficient (Wildman–Crippen LogP) is 5.09. The van der Waals surface area contributed by atoms with Crippen LogP contribution >= 0.6 is 0 Å². The molecule has 2 rings (SSSR count). The van der Waals surface area contributed by atoms with Crippen LogP contribution in [0.25, 0.3) is 0 Å². The number of ether oxygens (including phenoxy) is 2. The second kappa shape index (κ2) is 7.59. The molecule has 1 aromatic carbocycles. The van der Waals surface area contributed by atoms with Gasteiger partial charge in [0.25, 0.3) is 0 Å². The maximum Gasteiger partial charge on any atom is 0.417 e. The van der Waals surface area contributed by atoms with Crippen LogP contribution in [0.3, 0.4) is 0 Å². The highest BCUT2D eigenvalue weighted by molar-refractivity contribution is 6.02. The summed E-state index contributed by atoms with van der Waals surface area (Å²) in [6.07, 6.45) is 0.279. The Balaban J connectivity index is 2.63. The molecule has 0 saturated heterocycles. The smallest absolute Gasteiger partial charge is 0.417 e. The van der Waals surface area contributed by atoms with Crippen LogP contribution in [0.1, 0.15) is 36.2 Å². The fourth-order valence-electron chi connectivity index (χ4n) is 2.72. The lowest BCUT2D eigenvalue weighted by atomic mass is 9.93. The van der Waals surface area contributed by atoms with E-state index in [2.05, 4.69) is 0 Å². The molecule has 3 nitrogen and oxygen atoms in total. The van der Waals surface area contributed by atoms with Crippen molar-refractivity contribution in [2.75, 3.05) is 13.7 Å². The van der Waals surface area contributed by atoms with Gasteiger partial charge in [-0.2, -0.15) is 13.2 Å². The molecule has 0 N–H and O–H groups in total. The average molecular weight is 352 g/mol. The molecule has 1 heterocycles. The number of ketones is 1. The van der Waals surface area contributed by atoms with Crippen LogP contribution in [0.4, 0.5) is 13.2 Å². The predicted molar refractivity (Wildman–Crippen MR) is 88.5 cm³/mol. The molecule has 0 bridgehead atoms. The Labute approximate surface area is 144 Å². The Morgan fingerprint density at radius 2 is 2.04 bits per heavy atom. The van der Waals surface area contributed by atoms with Gasteiger partial charge in [0.05, 0.1) is 18.2 Å². The van der Waals surface area contributed by atoms with Crippen molar-refractivity contribution in [3.05, 3.63) is 64.5 Å². The summed E-state index contributed by atoms with van der Waals surface area (Å²) in [6.45, 7) is 3.58. The SMILES string of the molecule is C\C=C(OC)/C1=C(C)/C=C\COc2cccc(C(F)(F)F)c2C(=O)C1. The van der Waals surface area contributed by atoms with Crippen LogP contribution in [0.15, 0.2) is 53.3 Å². The number of rotatable bonds is 2. The number of benzene rings is 1. The van der Waals surface area contributed by atoms with Crippen molar-refractivity contribution in [1.29, 1.82) is 0 Å². The third-order valence-electron chi connectivity index (χ3n) is 3.91. The minimum Gasteiger partial charge on any atom is -0.497 e. The van der Waals surface area contributed by atoms with Crippen molar-refractivity contribution < 1.29 is 27.4 Å². The van der Waals surface area contributed by atoms with Crippen LogP contribution in [-0.4, -0.2) is 19.5 Å². The number of methoxy groups -OCH3 is 1. The lowest BCUT2D eigenvalue weighted by Crippen LogP contribution is -2.16. The Bertz CT molecular complexity index is 756. The highest BCUT2D eigenvalue weighted by Gasteiger charge is 2.37. The molecule has 134 valence electrons. The molecule has 0 aliphatic carbocycles. The van der Waals surface area contributed by atoms with Crippen LogP contribution in [0.5, 0.6) is 5.75 Å². The molecule has 0 fully saturated rings. The second-order valence-corrected chi connectivity index (χ2v) is 5.51. The molecule has 6 heteroatoms. The third kappa shape index (κ3) is 4.13. The largest absolute Gasteiger partial charge is 0.497 e. The van der Waals surface area contributed by atoms with E-state index in [0.29, 0.717) is 11.3 Å². The van der Waals surface area contributed by atoms with Crippen molar-refractivity contribution in [2.24, 2.45) is 0 Å². The Morgan fingerprint density at radius 3 is 2.64 bits per heavy atom. The van der Waals surface area contributed by atoms with Crippen LogP contribution < -0.4 is 4.74 Å². The molecule has 25 heavy (non-hydrogen) atoms. The molecule has 0 unspecified atom stereocenters. The third-order valence-corrected chi connectivity index (χ3v) is 3.91. The van der Waals surface area contributed by atoms with Gasteiger partial charge in [-0.15, -0.1) is 0 Å². The van der Waals surface area contributed by atoms with Gasteiger partial charge in [0.2, 0.25) is 0 Å². The molecule has 0 aromatic heterocycles. The summed E-state index contributed by atoms with van der Waals surface area (Å²) in [5.41, 5.74) is -0.144. The first-order valence-corrected chi connectivity index (χ1v) is 7.72. The maximum absolute atomic E-state index is 13.4. The van der Waals surface area contributed by atoms with Gasteiger partial charge in [-0.25, -0.2) is 0 Å². The van der Waals surface area contributed by atoms with Gasteiger partial charge >= 0.3 is 6.18 Å². The lowest BCUT2D eigenvalue weighted by Gasteiger charge is -2.19. The zero-order valence-corrected chi connectivity index (χ0v) is 14.2. The quantitative estimate of drug-likeness (QED) is 0.695. The number of alkyl halides is 3. The van der Waals surface area contributed by atoms with E-state index in [0.717, 1.165) is 11.6 Å². The molecular formula is C19H19F3O3. The molecule has 0 spiro atoms. The van der Waals surface area contributed by atoms with Crippen molar-refractivity contribution in [3.8, 4) is 5.75 Å². The Morgan fingerprint density at radius 1 is 1.32 bits per heavy atom. The number of carbonyl (C=O) groups is 1. The first kappa shape index (κ1) is 18.8. The fraction of sp³-hybridized carbons (Fsp3) is 0.316. The minimum absolute atomic E-state index is 0.0599. The number of Topliss-reactive ketones (excluding diaryl/α,β-unsaturated/α-hetero) is 1. The highest BCUT2D eigenvalue weighted by atomic mass is 19.4. The van der Waals surface area contributed by atoms with E-state index in [1.54, 1.807) is 32.1 Å². The summed E-state index contributed by atoms with van der Waals surface area (Å²) in [5.74, 6) is -0.269. The highest BCUT2D eigenvalue weighted by Crippen LogP contribution is 2.38. The Hall–Kier alpha value is -2.50. The number of carbonyl (C=O) groups excluding carboxylic acids is 1. The van der Waals surface area contributed by atoms with Crippen LogP contribution in [0, 0.1) is 0 Å². The molecule has 0 amide bonds. The molecule has 1 aliphatic heterocycles. The maximum atomic E-state index is 13.4. The Kier molecular flexibility index (Phi) is 5.72. The fourth-order valence-corrected chi connectivity index (χ4v) is 2.72. The number of fused-ring (bicyclic) bond motifs is 1. The number of hydrogen-bond acceptors (Lipinski definition) is 3. The first-order chi connectivity index (χ1) is 11.8. The van der Waals surface area contributed by atoms with Gasteiger partial charge in [-0.3, -0.25) is 4.79 Å². The van der Waals surface area contributed by atoms with Crippen molar-refractivity contribution in [1.82, 2.24) is 0 Å². The monoisotopic (exact) mass is 352 g/mol. The standard InChI is InChI=1S/C19H19F3O3/c1-4-16(24-3)13-11-15(23)18-14(19(20,21)22)8-5-9-17(18)25-10-6-7-12(13)2/h4-9H,10-11H2,1-3H3/b7-6-,13-12+,16-4+. The number of hydrogen-bond donors (Lipinski definition) is 0. The van der Waals surface area contributed by atoms with E-state index in [9.17, 15) is 18.0 Å². The number of allylic oxidation sites excluding steroid dienone is 4. The van der Waals surface area contributed by atoms with Crippen LogP contribution in [-0.2, 0) is 10.9 Å². The molecule has 1 aromatic rings. The van der Waals surface area contributed by atoms with Crippen molar-refractivity contribution >= 4 is 5.78 Å². The molecule has 0 radical (unpaired) electrons. The topological polar surface area (TPSA) is 35.5 Å².